The van der Waals surface area contributed by atoms with E-state index in [1.165, 1.54) is 0 Å². The van der Waals surface area contributed by atoms with E-state index in [0.29, 0.717) is 0 Å². The Morgan fingerprint density at radius 2 is 2.05 bits per heavy atom. The predicted molar refractivity (Wildman–Crippen MR) is 88.4 cm³/mol. The normalized spacial score (nSPS) is 13.5. The quantitative estimate of drug-likeness (QED) is 0.704. The number of pyridine rings is 1. The fourth-order valence-electron chi connectivity index (χ4n) is 2.86. The number of anilines is 3. The van der Waals surface area contributed by atoms with E-state index >= 15 is 0 Å². The number of rotatable bonds is 1. The molecule has 6 heteroatoms. The fourth-order valence-corrected chi connectivity index (χ4v) is 3.82. The molecule has 2 amide bonds. The number of amides is 2. The van der Waals surface area contributed by atoms with Crippen molar-refractivity contribution in [3.63, 3.8) is 0 Å². The van der Waals surface area contributed by atoms with E-state index in [9.17, 15) is 9.90 Å². The smallest absolute Gasteiger partial charge is 0.331 e. The molecule has 3 heterocycles. The Balaban J connectivity index is 2.01. The lowest BCUT2D eigenvalue weighted by atomic mass is 10.1. The van der Waals surface area contributed by atoms with Gasteiger partial charge >= 0.3 is 6.03 Å². The number of phenolic OH excluding ortho intramolecular Hbond substituents is 1. The lowest BCUT2D eigenvalue weighted by molar-refractivity contribution is 0.259. The first-order valence-corrected chi connectivity index (χ1v) is 7.67. The van der Waals surface area contributed by atoms with E-state index < -0.39 is 0 Å². The molecule has 1 aliphatic heterocycles. The summed E-state index contributed by atoms with van der Waals surface area (Å²) in [6, 6.07) is 6.64. The van der Waals surface area contributed by atoms with Crippen molar-refractivity contribution < 1.29 is 9.90 Å². The molecule has 0 radical (unpaired) electrons. The first-order valence-electron chi connectivity index (χ1n) is 6.85. The number of aryl methyl sites for hydroxylation is 2. The van der Waals surface area contributed by atoms with Crippen LogP contribution in [0.5, 0.6) is 5.75 Å². The largest absolute Gasteiger partial charge is 0.508 e. The van der Waals surface area contributed by atoms with Gasteiger partial charge in [0, 0.05) is 11.1 Å². The van der Waals surface area contributed by atoms with Crippen LogP contribution in [0.2, 0.25) is 0 Å². The number of phenols is 1. The second-order valence-corrected chi connectivity index (χ2v) is 6.48. The number of hydrogen-bond acceptors (Lipinski definition) is 4. The molecule has 0 spiro atoms. The monoisotopic (exact) mass is 311 g/mol. The molecule has 0 bridgehead atoms. The Labute approximate surface area is 130 Å². The third-order valence-electron chi connectivity index (χ3n) is 3.84. The van der Waals surface area contributed by atoms with Crippen LogP contribution in [0.25, 0.3) is 10.2 Å². The van der Waals surface area contributed by atoms with Gasteiger partial charge in [-0.2, -0.15) is 0 Å². The number of aromatic nitrogens is 1. The van der Waals surface area contributed by atoms with Crippen LogP contribution in [-0.2, 0) is 0 Å². The van der Waals surface area contributed by atoms with Crippen LogP contribution < -0.4 is 10.2 Å². The maximum atomic E-state index is 12.6. The van der Waals surface area contributed by atoms with Crippen molar-refractivity contribution in [3.8, 4) is 5.75 Å². The number of urea groups is 1. The Morgan fingerprint density at radius 1 is 1.23 bits per heavy atom. The van der Waals surface area contributed by atoms with Crippen molar-refractivity contribution in [1.82, 2.24) is 4.98 Å². The van der Waals surface area contributed by atoms with Gasteiger partial charge in [-0.15, -0.1) is 11.3 Å². The first kappa shape index (κ1) is 13.1. The minimum atomic E-state index is -0.199. The van der Waals surface area contributed by atoms with Gasteiger partial charge in [-0.3, -0.25) is 4.90 Å². The fraction of sp³-hybridized carbons (Fsp3) is 0.125. The van der Waals surface area contributed by atoms with Gasteiger partial charge in [0.05, 0.1) is 22.4 Å². The molecule has 22 heavy (non-hydrogen) atoms. The highest BCUT2D eigenvalue weighted by Crippen LogP contribution is 2.45. The van der Waals surface area contributed by atoms with E-state index in [-0.39, 0.29) is 11.8 Å². The first-order chi connectivity index (χ1) is 10.6. The van der Waals surface area contributed by atoms with Gasteiger partial charge in [-0.1, -0.05) is 0 Å². The Kier molecular flexibility index (Phi) is 2.65. The molecular weight excluding hydrogens is 298 g/mol. The number of carbonyl (C=O) groups excluding carboxylic acids is 1. The van der Waals surface area contributed by atoms with Crippen molar-refractivity contribution >= 4 is 44.6 Å². The van der Waals surface area contributed by atoms with Gasteiger partial charge in [0.15, 0.2) is 0 Å². The second kappa shape index (κ2) is 4.45. The molecule has 2 aromatic heterocycles. The van der Waals surface area contributed by atoms with Crippen LogP contribution in [0.3, 0.4) is 0 Å². The van der Waals surface area contributed by atoms with Gasteiger partial charge in [-0.05, 0) is 43.7 Å². The van der Waals surface area contributed by atoms with Crippen LogP contribution in [0.4, 0.5) is 21.9 Å². The van der Waals surface area contributed by atoms with E-state index in [4.69, 9.17) is 0 Å². The average Bonchev–Trinajstić information content (AvgIpc) is 2.78. The SMILES string of the molecule is Cc1cc(O)ccc1N1C(=O)Nc2c(C)sc3nccc1c23. The molecule has 5 nitrogen and oxygen atoms in total. The number of carbonyl (C=O) groups is 1. The van der Waals surface area contributed by atoms with Gasteiger partial charge in [0.1, 0.15) is 10.6 Å². The molecule has 0 aliphatic carbocycles. The lowest BCUT2D eigenvalue weighted by Crippen LogP contribution is -2.34. The van der Waals surface area contributed by atoms with Crippen molar-refractivity contribution in [2.45, 2.75) is 13.8 Å². The highest BCUT2D eigenvalue weighted by Gasteiger charge is 2.30. The van der Waals surface area contributed by atoms with E-state index in [1.807, 2.05) is 19.9 Å². The standard InChI is InChI=1S/C16H13N3O2S/c1-8-7-10(20)3-4-11(8)19-12-5-6-17-15-13(12)14(9(2)22-15)18-16(19)21/h3-7,20H,1-2H3,(H,18,21). The van der Waals surface area contributed by atoms with Crippen molar-refractivity contribution in [3.05, 3.63) is 40.9 Å². The minimum Gasteiger partial charge on any atom is -0.508 e. The summed E-state index contributed by atoms with van der Waals surface area (Å²) in [5.74, 6) is 0.186. The topological polar surface area (TPSA) is 65.5 Å². The summed E-state index contributed by atoms with van der Waals surface area (Å²) in [4.78, 5) is 20.6. The summed E-state index contributed by atoms with van der Waals surface area (Å²) >= 11 is 1.57. The molecule has 0 saturated carbocycles. The molecule has 0 saturated heterocycles. The number of aromatic hydroxyl groups is 1. The number of thiophene rings is 1. The van der Waals surface area contributed by atoms with Gasteiger partial charge in [0.25, 0.3) is 0 Å². The number of hydrogen-bond donors (Lipinski definition) is 2. The third kappa shape index (κ3) is 1.70. The predicted octanol–water partition coefficient (Wildman–Crippen LogP) is 4.30. The van der Waals surface area contributed by atoms with Gasteiger partial charge < -0.3 is 10.4 Å². The molecule has 2 N–H and O–H groups in total. The van der Waals surface area contributed by atoms with Crippen LogP contribution in [0.15, 0.2) is 30.5 Å². The van der Waals surface area contributed by atoms with E-state index in [1.54, 1.807) is 40.6 Å². The summed E-state index contributed by atoms with van der Waals surface area (Å²) in [7, 11) is 0. The molecular formula is C16H13N3O2S. The number of benzene rings is 1. The summed E-state index contributed by atoms with van der Waals surface area (Å²) < 4.78 is 0. The van der Waals surface area contributed by atoms with Gasteiger partial charge in [-0.25, -0.2) is 9.78 Å². The summed E-state index contributed by atoms with van der Waals surface area (Å²) in [5, 5.41) is 13.5. The van der Waals surface area contributed by atoms with Crippen LogP contribution >= 0.6 is 11.3 Å². The maximum Gasteiger partial charge on any atom is 0.331 e. The zero-order valence-corrected chi connectivity index (χ0v) is 12.9. The number of nitrogens with zero attached hydrogens (tertiary/aromatic N) is 2. The highest BCUT2D eigenvalue weighted by molar-refractivity contribution is 7.19. The minimum absolute atomic E-state index is 0.186. The third-order valence-corrected chi connectivity index (χ3v) is 4.86. The summed E-state index contributed by atoms with van der Waals surface area (Å²) in [5.41, 5.74) is 3.25. The maximum absolute atomic E-state index is 12.6. The summed E-state index contributed by atoms with van der Waals surface area (Å²) in [6.07, 6.45) is 1.72. The van der Waals surface area contributed by atoms with Crippen LogP contribution in [0.1, 0.15) is 10.4 Å². The molecule has 1 aromatic carbocycles. The van der Waals surface area contributed by atoms with Crippen LogP contribution in [-0.4, -0.2) is 16.1 Å². The molecule has 1 aliphatic rings. The Bertz CT molecular complexity index is 933. The van der Waals surface area contributed by atoms with Crippen LogP contribution in [0, 0.1) is 13.8 Å². The van der Waals surface area contributed by atoms with Gasteiger partial charge in [0.2, 0.25) is 0 Å². The molecule has 0 fully saturated rings. The molecule has 3 aromatic rings. The highest BCUT2D eigenvalue weighted by atomic mass is 32.1. The Hall–Kier alpha value is -2.60. The summed E-state index contributed by atoms with van der Waals surface area (Å²) in [6.45, 7) is 3.85. The molecule has 110 valence electrons. The van der Waals surface area contributed by atoms with E-state index in [2.05, 4.69) is 10.3 Å². The molecule has 4 rings (SSSR count). The molecule has 0 unspecified atom stereocenters. The zero-order chi connectivity index (χ0) is 15.4. The zero-order valence-electron chi connectivity index (χ0n) is 12.0. The molecule has 0 atom stereocenters. The van der Waals surface area contributed by atoms with Crippen molar-refractivity contribution in [1.29, 1.82) is 0 Å². The second-order valence-electron chi connectivity index (χ2n) is 5.28. The lowest BCUT2D eigenvalue weighted by Gasteiger charge is -2.29. The number of nitrogens with one attached hydrogen (secondary N) is 1. The average molecular weight is 311 g/mol. The van der Waals surface area contributed by atoms with Crippen molar-refractivity contribution in [2.75, 3.05) is 10.2 Å². The Morgan fingerprint density at radius 3 is 2.82 bits per heavy atom. The van der Waals surface area contributed by atoms with Crippen molar-refractivity contribution in [2.24, 2.45) is 0 Å². The van der Waals surface area contributed by atoms with E-state index in [0.717, 1.165) is 37.7 Å².